The van der Waals surface area contributed by atoms with Gasteiger partial charge < -0.3 is 9.80 Å². The number of hydrogen-bond donors (Lipinski definition) is 1. The lowest BCUT2D eigenvalue weighted by Gasteiger charge is -2.38. The average molecular weight is 362 g/mol. The number of fused-ring (bicyclic) bond motifs is 1. The summed E-state index contributed by atoms with van der Waals surface area (Å²) in [5.41, 5.74) is 1.19. The third-order valence-corrected chi connectivity index (χ3v) is 5.28. The van der Waals surface area contributed by atoms with E-state index in [9.17, 15) is 9.59 Å². The second-order valence-corrected chi connectivity index (χ2v) is 6.94. The van der Waals surface area contributed by atoms with Gasteiger partial charge >= 0.3 is 0 Å². The number of amides is 1. The number of para-hydroxylation sites is 1. The second kappa shape index (κ2) is 7.23. The first-order chi connectivity index (χ1) is 13.1. The SMILES string of the molecule is CN(C(=O)c1n[nH]c(=O)c2ccccc12)C1CCCN(c2ccccc2)C1. The van der Waals surface area contributed by atoms with Gasteiger partial charge in [-0.1, -0.05) is 36.4 Å². The van der Waals surface area contributed by atoms with Crippen LogP contribution in [0.3, 0.4) is 0 Å². The fourth-order valence-corrected chi connectivity index (χ4v) is 3.75. The Kier molecular flexibility index (Phi) is 4.62. The van der Waals surface area contributed by atoms with Crippen molar-refractivity contribution in [3.63, 3.8) is 0 Å². The van der Waals surface area contributed by atoms with Crippen LogP contribution in [0.1, 0.15) is 23.3 Å². The van der Waals surface area contributed by atoms with Gasteiger partial charge in [0.15, 0.2) is 5.69 Å². The molecule has 0 saturated carbocycles. The number of piperidine rings is 1. The summed E-state index contributed by atoms with van der Waals surface area (Å²) < 4.78 is 0. The van der Waals surface area contributed by atoms with Crippen LogP contribution >= 0.6 is 0 Å². The molecule has 4 rings (SSSR count). The van der Waals surface area contributed by atoms with E-state index in [1.54, 1.807) is 23.1 Å². The van der Waals surface area contributed by atoms with Gasteiger partial charge in [-0.15, -0.1) is 0 Å². The van der Waals surface area contributed by atoms with E-state index in [0.717, 1.165) is 25.9 Å². The second-order valence-electron chi connectivity index (χ2n) is 6.94. The minimum Gasteiger partial charge on any atom is -0.369 e. The number of rotatable bonds is 3. The lowest BCUT2D eigenvalue weighted by atomic mass is 10.0. The Morgan fingerprint density at radius 3 is 2.59 bits per heavy atom. The van der Waals surface area contributed by atoms with Crippen LogP contribution in [0.2, 0.25) is 0 Å². The highest BCUT2D eigenvalue weighted by molar-refractivity contribution is 6.04. The molecule has 27 heavy (non-hydrogen) atoms. The zero-order chi connectivity index (χ0) is 18.8. The number of likely N-dealkylation sites (N-methyl/N-ethyl adjacent to an activating group) is 1. The van der Waals surface area contributed by atoms with Crippen LogP contribution in [0, 0.1) is 0 Å². The Morgan fingerprint density at radius 2 is 1.81 bits per heavy atom. The van der Waals surface area contributed by atoms with E-state index < -0.39 is 0 Å². The van der Waals surface area contributed by atoms with Crippen molar-refractivity contribution < 1.29 is 4.79 Å². The summed E-state index contributed by atoms with van der Waals surface area (Å²) in [6.07, 6.45) is 1.98. The molecule has 0 bridgehead atoms. The molecule has 2 heterocycles. The van der Waals surface area contributed by atoms with Crippen molar-refractivity contribution >= 4 is 22.4 Å². The van der Waals surface area contributed by atoms with Crippen molar-refractivity contribution in [2.45, 2.75) is 18.9 Å². The Balaban J connectivity index is 1.59. The molecule has 1 unspecified atom stereocenters. The van der Waals surface area contributed by atoms with Crippen LogP contribution in [0.25, 0.3) is 10.8 Å². The van der Waals surface area contributed by atoms with Gasteiger partial charge in [0.05, 0.1) is 5.39 Å². The molecule has 1 saturated heterocycles. The van der Waals surface area contributed by atoms with E-state index in [1.807, 2.05) is 31.3 Å². The van der Waals surface area contributed by atoms with E-state index in [1.165, 1.54) is 5.69 Å². The fraction of sp³-hybridized carbons (Fsp3) is 0.286. The molecule has 0 radical (unpaired) electrons. The van der Waals surface area contributed by atoms with Crippen LogP contribution in [0.15, 0.2) is 59.4 Å². The highest BCUT2D eigenvalue weighted by Crippen LogP contribution is 2.23. The van der Waals surface area contributed by atoms with Crippen molar-refractivity contribution in [1.29, 1.82) is 0 Å². The first kappa shape index (κ1) is 17.3. The van der Waals surface area contributed by atoms with Crippen LogP contribution in [0.5, 0.6) is 0 Å². The average Bonchev–Trinajstić information content (AvgIpc) is 2.74. The number of carbonyl (C=O) groups is 1. The van der Waals surface area contributed by atoms with Crippen molar-refractivity contribution in [1.82, 2.24) is 15.1 Å². The van der Waals surface area contributed by atoms with Crippen molar-refractivity contribution in [3.05, 3.63) is 70.6 Å². The Bertz CT molecular complexity index is 1020. The van der Waals surface area contributed by atoms with E-state index in [-0.39, 0.29) is 17.5 Å². The van der Waals surface area contributed by atoms with E-state index in [2.05, 4.69) is 27.2 Å². The third kappa shape index (κ3) is 3.30. The van der Waals surface area contributed by atoms with Crippen LogP contribution in [0.4, 0.5) is 5.69 Å². The molecular formula is C21H22N4O2. The molecule has 1 atom stereocenters. The number of hydrogen-bond acceptors (Lipinski definition) is 4. The summed E-state index contributed by atoms with van der Waals surface area (Å²) in [4.78, 5) is 29.2. The Hall–Kier alpha value is -3.15. The number of nitrogens with one attached hydrogen (secondary N) is 1. The minimum atomic E-state index is -0.280. The first-order valence-electron chi connectivity index (χ1n) is 9.20. The van der Waals surface area contributed by atoms with E-state index in [0.29, 0.717) is 16.5 Å². The topological polar surface area (TPSA) is 69.3 Å². The summed E-state index contributed by atoms with van der Waals surface area (Å²) in [6, 6.07) is 17.5. The number of aromatic amines is 1. The predicted octanol–water partition coefficient (Wildman–Crippen LogP) is 2.66. The van der Waals surface area contributed by atoms with Gasteiger partial charge in [0.2, 0.25) is 0 Å². The van der Waals surface area contributed by atoms with Gasteiger partial charge in [-0.05, 0) is 31.0 Å². The number of carbonyl (C=O) groups excluding carboxylic acids is 1. The molecule has 1 aliphatic rings. The van der Waals surface area contributed by atoms with E-state index >= 15 is 0 Å². The summed E-state index contributed by atoms with van der Waals surface area (Å²) in [7, 11) is 1.82. The molecule has 3 aromatic rings. The molecule has 1 aliphatic heterocycles. The highest BCUT2D eigenvalue weighted by Gasteiger charge is 2.28. The highest BCUT2D eigenvalue weighted by atomic mass is 16.2. The zero-order valence-electron chi connectivity index (χ0n) is 15.3. The number of nitrogens with zero attached hydrogens (tertiary/aromatic N) is 3. The van der Waals surface area contributed by atoms with Gasteiger partial charge in [-0.3, -0.25) is 9.59 Å². The summed E-state index contributed by atoms with van der Waals surface area (Å²) in [5, 5.41) is 7.59. The standard InChI is InChI=1S/C21H22N4O2/c1-24(16-10-7-13-25(14-16)15-8-3-2-4-9-15)21(27)19-17-11-5-6-12-18(17)20(26)23-22-19/h2-6,8-9,11-12,16H,7,10,13-14H2,1H3,(H,23,26). The number of anilines is 1. The minimum absolute atomic E-state index is 0.0962. The number of aromatic nitrogens is 2. The molecular weight excluding hydrogens is 340 g/mol. The third-order valence-electron chi connectivity index (χ3n) is 5.28. The number of H-pyrrole nitrogens is 1. The molecule has 6 heteroatoms. The molecule has 0 aliphatic carbocycles. The smallest absolute Gasteiger partial charge is 0.274 e. The summed E-state index contributed by atoms with van der Waals surface area (Å²) >= 11 is 0. The van der Waals surface area contributed by atoms with Crippen molar-refractivity contribution in [2.75, 3.05) is 25.0 Å². The molecule has 0 spiro atoms. The maximum absolute atomic E-state index is 13.1. The molecule has 1 N–H and O–H groups in total. The van der Waals surface area contributed by atoms with Gasteiger partial charge in [0.25, 0.3) is 11.5 Å². The summed E-state index contributed by atoms with van der Waals surface area (Å²) in [5.74, 6) is -0.164. The first-order valence-corrected chi connectivity index (χ1v) is 9.20. The normalized spacial score (nSPS) is 17.1. The predicted molar refractivity (Wildman–Crippen MR) is 106 cm³/mol. The van der Waals surface area contributed by atoms with Gasteiger partial charge in [0, 0.05) is 37.3 Å². The van der Waals surface area contributed by atoms with Gasteiger partial charge in [-0.2, -0.15) is 5.10 Å². The monoisotopic (exact) mass is 362 g/mol. The Labute approximate surface area is 157 Å². The molecule has 2 aromatic carbocycles. The zero-order valence-corrected chi connectivity index (χ0v) is 15.3. The fourth-order valence-electron chi connectivity index (χ4n) is 3.75. The lowest BCUT2D eigenvalue weighted by Crippen LogP contribution is -2.49. The van der Waals surface area contributed by atoms with Crippen molar-refractivity contribution in [3.8, 4) is 0 Å². The summed E-state index contributed by atoms with van der Waals surface area (Å²) in [6.45, 7) is 1.77. The van der Waals surface area contributed by atoms with Crippen LogP contribution in [-0.2, 0) is 0 Å². The maximum atomic E-state index is 13.1. The van der Waals surface area contributed by atoms with Crippen LogP contribution < -0.4 is 10.5 Å². The van der Waals surface area contributed by atoms with Gasteiger partial charge in [-0.25, -0.2) is 5.10 Å². The van der Waals surface area contributed by atoms with Crippen LogP contribution in [-0.4, -0.2) is 47.2 Å². The number of benzene rings is 2. The molecule has 1 fully saturated rings. The molecule has 138 valence electrons. The maximum Gasteiger partial charge on any atom is 0.274 e. The molecule has 6 nitrogen and oxygen atoms in total. The van der Waals surface area contributed by atoms with Gasteiger partial charge in [0.1, 0.15) is 0 Å². The quantitative estimate of drug-likeness (QED) is 0.778. The molecule has 1 aromatic heterocycles. The largest absolute Gasteiger partial charge is 0.369 e. The molecule has 1 amide bonds. The van der Waals surface area contributed by atoms with Crippen molar-refractivity contribution in [2.24, 2.45) is 0 Å². The van der Waals surface area contributed by atoms with E-state index in [4.69, 9.17) is 0 Å². The lowest BCUT2D eigenvalue weighted by molar-refractivity contribution is 0.0712. The Morgan fingerprint density at radius 1 is 1.11 bits per heavy atom.